The Bertz CT molecular complexity index is 1390. The van der Waals surface area contributed by atoms with E-state index in [2.05, 4.69) is 80.6 Å². The van der Waals surface area contributed by atoms with Crippen molar-refractivity contribution in [3.05, 3.63) is 88.8 Å². The number of nitrogens with zero attached hydrogens (tertiary/aromatic N) is 3. The van der Waals surface area contributed by atoms with E-state index in [4.69, 9.17) is 19.9 Å². The van der Waals surface area contributed by atoms with E-state index < -0.39 is 14.2 Å². The number of amides is 1. The second kappa shape index (κ2) is 12.9. The molecule has 7 nitrogen and oxygen atoms in total. The zero-order valence-corrected chi connectivity index (χ0v) is 25.9. The molecule has 212 valence electrons. The number of hydrogen-bond donors (Lipinski definition) is 1. The Kier molecular flexibility index (Phi) is 9.60. The number of carbonyl (C=O) groups is 1. The molecule has 0 fully saturated rings. The predicted octanol–water partition coefficient (Wildman–Crippen LogP) is 6.95. The number of imidazole rings is 1. The molecule has 2 heterocycles. The van der Waals surface area contributed by atoms with Crippen LogP contribution in [0.5, 0.6) is 5.75 Å². The summed E-state index contributed by atoms with van der Waals surface area (Å²) in [6, 6.07) is 18.5. The van der Waals surface area contributed by atoms with Crippen LogP contribution in [0.2, 0.25) is 18.1 Å². The molecule has 2 aromatic heterocycles. The van der Waals surface area contributed by atoms with Gasteiger partial charge in [0.2, 0.25) is 0 Å². The fraction of sp³-hybridized carbons (Fsp3) is 0.387. The topological polar surface area (TPSA) is 92.3 Å². The van der Waals surface area contributed by atoms with Gasteiger partial charge in [-0.15, -0.1) is 11.3 Å². The number of ether oxygens (including phenoxy) is 1. The number of nitrogens with two attached hydrogens (primary N) is 1. The standard InChI is InChI=1S/C31H40N4O3SSi/c1-31(2,3)40(4,5)38-26(19-35-20-27(30(32)36)33-22-35)15-10-16-37-25-14-9-13-24(18-25)28-21-39-29(34-28)17-23-11-7-6-8-12-23/h6-9,11-14,18,20-22,26H,10,15-17,19H2,1-5H3,(H2,32,36). The van der Waals surface area contributed by atoms with E-state index in [1.807, 2.05) is 22.8 Å². The van der Waals surface area contributed by atoms with Gasteiger partial charge in [-0.2, -0.15) is 0 Å². The first-order valence-corrected chi connectivity index (χ1v) is 17.5. The second-order valence-electron chi connectivity index (χ2n) is 11.6. The number of primary amides is 1. The van der Waals surface area contributed by atoms with Crippen molar-refractivity contribution in [2.45, 2.75) is 70.8 Å². The molecule has 0 saturated heterocycles. The molecule has 0 aliphatic heterocycles. The van der Waals surface area contributed by atoms with Gasteiger partial charge >= 0.3 is 0 Å². The minimum Gasteiger partial charge on any atom is -0.494 e. The van der Waals surface area contributed by atoms with Crippen LogP contribution in [0.4, 0.5) is 0 Å². The minimum absolute atomic E-state index is 0.0243. The van der Waals surface area contributed by atoms with Gasteiger partial charge in [0.1, 0.15) is 11.4 Å². The summed E-state index contributed by atoms with van der Waals surface area (Å²) in [6.45, 7) is 12.4. The van der Waals surface area contributed by atoms with Crippen molar-refractivity contribution in [3.63, 3.8) is 0 Å². The Hall–Kier alpha value is -3.27. The van der Waals surface area contributed by atoms with E-state index in [1.165, 1.54) is 5.56 Å². The summed E-state index contributed by atoms with van der Waals surface area (Å²) in [7, 11) is -2.00. The summed E-state index contributed by atoms with van der Waals surface area (Å²) in [5.74, 6) is 0.305. The summed E-state index contributed by atoms with van der Waals surface area (Å²) in [5.41, 5.74) is 8.94. The minimum atomic E-state index is -2.00. The molecule has 9 heteroatoms. The van der Waals surface area contributed by atoms with Crippen LogP contribution >= 0.6 is 11.3 Å². The average molecular weight is 577 g/mol. The highest BCUT2D eigenvalue weighted by Crippen LogP contribution is 2.38. The maximum absolute atomic E-state index is 11.5. The largest absolute Gasteiger partial charge is 0.494 e. The van der Waals surface area contributed by atoms with Crippen LogP contribution in [0.25, 0.3) is 11.3 Å². The summed E-state index contributed by atoms with van der Waals surface area (Å²) < 4.78 is 14.8. The summed E-state index contributed by atoms with van der Waals surface area (Å²) in [4.78, 5) is 20.5. The third-order valence-electron chi connectivity index (χ3n) is 7.39. The van der Waals surface area contributed by atoms with Crippen molar-refractivity contribution in [1.82, 2.24) is 14.5 Å². The van der Waals surface area contributed by atoms with Crippen LogP contribution in [-0.4, -0.2) is 41.5 Å². The second-order valence-corrected chi connectivity index (χ2v) is 17.3. The van der Waals surface area contributed by atoms with E-state index in [0.717, 1.165) is 41.3 Å². The molecule has 0 aliphatic rings. The fourth-order valence-electron chi connectivity index (χ4n) is 4.14. The molecule has 1 amide bonds. The van der Waals surface area contributed by atoms with Crippen molar-refractivity contribution in [2.75, 3.05) is 6.61 Å². The highest BCUT2D eigenvalue weighted by Gasteiger charge is 2.39. The molecule has 0 spiro atoms. The van der Waals surface area contributed by atoms with Crippen LogP contribution in [0.1, 0.15) is 54.7 Å². The van der Waals surface area contributed by atoms with Crippen molar-refractivity contribution in [3.8, 4) is 17.0 Å². The summed E-state index contributed by atoms with van der Waals surface area (Å²) in [6.07, 6.45) is 5.81. The Morgan fingerprint density at radius 2 is 1.90 bits per heavy atom. The maximum atomic E-state index is 11.5. The molecular formula is C31H40N4O3SSi. The molecule has 4 rings (SSSR count). The SMILES string of the molecule is CC(C)(C)[Si](C)(C)OC(CCCOc1cccc(-c2csc(Cc3ccccc3)n2)c1)Cn1cnc(C(N)=O)c1. The lowest BCUT2D eigenvalue weighted by Crippen LogP contribution is -2.45. The first kappa shape index (κ1) is 29.7. The highest BCUT2D eigenvalue weighted by atomic mass is 32.1. The van der Waals surface area contributed by atoms with E-state index in [-0.39, 0.29) is 16.8 Å². The quantitative estimate of drug-likeness (QED) is 0.137. The molecule has 0 radical (unpaired) electrons. The van der Waals surface area contributed by atoms with Gasteiger partial charge in [0, 0.05) is 30.1 Å². The van der Waals surface area contributed by atoms with Crippen molar-refractivity contribution >= 4 is 25.6 Å². The van der Waals surface area contributed by atoms with E-state index in [0.29, 0.717) is 13.2 Å². The first-order chi connectivity index (χ1) is 19.0. The van der Waals surface area contributed by atoms with Crippen LogP contribution in [0.15, 0.2) is 72.5 Å². The molecule has 4 aromatic rings. The van der Waals surface area contributed by atoms with Gasteiger partial charge in [0.05, 0.1) is 29.7 Å². The summed E-state index contributed by atoms with van der Waals surface area (Å²) >= 11 is 1.68. The average Bonchev–Trinajstić information content (AvgIpc) is 3.57. The van der Waals surface area contributed by atoms with Gasteiger partial charge in [-0.25, -0.2) is 9.97 Å². The third kappa shape index (κ3) is 8.12. The number of hydrogen-bond acceptors (Lipinski definition) is 6. The van der Waals surface area contributed by atoms with Crippen LogP contribution in [0.3, 0.4) is 0 Å². The van der Waals surface area contributed by atoms with Gasteiger partial charge < -0.3 is 19.5 Å². The van der Waals surface area contributed by atoms with Crippen molar-refractivity contribution in [2.24, 2.45) is 5.73 Å². The molecule has 2 aromatic carbocycles. The van der Waals surface area contributed by atoms with Gasteiger partial charge in [0.15, 0.2) is 8.32 Å². The van der Waals surface area contributed by atoms with Gasteiger partial charge in [0.25, 0.3) is 5.91 Å². The Balaban J connectivity index is 1.35. The Morgan fingerprint density at radius 1 is 1.12 bits per heavy atom. The maximum Gasteiger partial charge on any atom is 0.268 e. The van der Waals surface area contributed by atoms with Gasteiger partial charge in [-0.1, -0.05) is 63.2 Å². The molecule has 2 N–H and O–H groups in total. The Morgan fingerprint density at radius 3 is 2.60 bits per heavy atom. The Labute approximate surface area is 242 Å². The lowest BCUT2D eigenvalue weighted by atomic mass is 10.1. The number of aromatic nitrogens is 3. The highest BCUT2D eigenvalue weighted by molar-refractivity contribution is 7.10. The van der Waals surface area contributed by atoms with E-state index in [9.17, 15) is 4.79 Å². The number of carbonyl (C=O) groups excluding carboxylic acids is 1. The summed E-state index contributed by atoms with van der Waals surface area (Å²) in [5, 5.41) is 3.30. The third-order valence-corrected chi connectivity index (χ3v) is 12.8. The normalized spacial score (nSPS) is 12.8. The molecule has 40 heavy (non-hydrogen) atoms. The predicted molar refractivity (Wildman–Crippen MR) is 164 cm³/mol. The van der Waals surface area contributed by atoms with E-state index >= 15 is 0 Å². The first-order valence-electron chi connectivity index (χ1n) is 13.7. The zero-order chi connectivity index (χ0) is 28.8. The fourth-order valence-corrected chi connectivity index (χ4v) is 6.36. The smallest absolute Gasteiger partial charge is 0.268 e. The molecule has 0 bridgehead atoms. The van der Waals surface area contributed by atoms with Gasteiger partial charge in [-0.3, -0.25) is 4.79 Å². The molecule has 0 saturated carbocycles. The lowest BCUT2D eigenvalue weighted by molar-refractivity contribution is 0.0995. The monoisotopic (exact) mass is 576 g/mol. The van der Waals surface area contributed by atoms with Crippen molar-refractivity contribution < 1.29 is 14.0 Å². The molecule has 1 atom stereocenters. The van der Waals surface area contributed by atoms with Crippen LogP contribution < -0.4 is 10.5 Å². The van der Waals surface area contributed by atoms with Crippen molar-refractivity contribution in [1.29, 1.82) is 0 Å². The van der Waals surface area contributed by atoms with Crippen LogP contribution in [-0.2, 0) is 17.4 Å². The lowest BCUT2D eigenvalue weighted by Gasteiger charge is -2.39. The number of benzene rings is 2. The molecular weight excluding hydrogens is 537 g/mol. The van der Waals surface area contributed by atoms with Gasteiger partial charge in [-0.05, 0) is 48.7 Å². The number of thiazole rings is 1. The van der Waals surface area contributed by atoms with E-state index in [1.54, 1.807) is 23.9 Å². The zero-order valence-electron chi connectivity index (χ0n) is 24.1. The van der Waals surface area contributed by atoms with Crippen LogP contribution in [0, 0.1) is 0 Å². The molecule has 0 aliphatic carbocycles. The molecule has 1 unspecified atom stereocenters. The number of rotatable bonds is 13.